The van der Waals surface area contributed by atoms with Crippen LogP contribution in [0.25, 0.3) is 0 Å². The number of carbonyl (C=O) groups excluding carboxylic acids is 1. The van der Waals surface area contributed by atoms with Crippen molar-refractivity contribution >= 4 is 5.91 Å². The van der Waals surface area contributed by atoms with Gasteiger partial charge in [0.2, 0.25) is 0 Å². The lowest BCUT2D eigenvalue weighted by atomic mass is 10.3. The van der Waals surface area contributed by atoms with Gasteiger partial charge in [0, 0.05) is 31.7 Å². The van der Waals surface area contributed by atoms with E-state index < -0.39 is 0 Å². The summed E-state index contributed by atoms with van der Waals surface area (Å²) in [5.74, 6) is -0.0581. The van der Waals surface area contributed by atoms with Crippen LogP contribution in [0.2, 0.25) is 0 Å². The molecule has 2 aromatic heterocycles. The summed E-state index contributed by atoms with van der Waals surface area (Å²) in [6, 6.07) is 7.53. The zero-order valence-electron chi connectivity index (χ0n) is 10.7. The molecule has 100 valence electrons. The van der Waals surface area contributed by atoms with Gasteiger partial charge in [0.05, 0.1) is 0 Å². The van der Waals surface area contributed by atoms with Crippen molar-refractivity contribution in [3.05, 3.63) is 54.1 Å². The third kappa shape index (κ3) is 4.56. The fourth-order valence-electron chi connectivity index (χ4n) is 1.72. The lowest BCUT2D eigenvalue weighted by Crippen LogP contribution is -2.27. The summed E-state index contributed by atoms with van der Waals surface area (Å²) in [5, 5.41) is 6.17. The van der Waals surface area contributed by atoms with Crippen LogP contribution in [-0.4, -0.2) is 29.0 Å². The fourth-order valence-corrected chi connectivity index (χ4v) is 1.72. The van der Waals surface area contributed by atoms with Crippen molar-refractivity contribution in [2.45, 2.75) is 13.0 Å². The molecule has 19 heavy (non-hydrogen) atoms. The SMILES string of the molecule is O=C(NCCCNCc1cccnc1)c1ccc[nH]1. The minimum Gasteiger partial charge on any atom is -0.357 e. The van der Waals surface area contributed by atoms with Gasteiger partial charge in [-0.3, -0.25) is 9.78 Å². The van der Waals surface area contributed by atoms with Crippen LogP contribution in [0, 0.1) is 0 Å². The van der Waals surface area contributed by atoms with Crippen molar-refractivity contribution in [2.75, 3.05) is 13.1 Å². The van der Waals surface area contributed by atoms with Gasteiger partial charge in [0.25, 0.3) is 5.91 Å². The number of amides is 1. The van der Waals surface area contributed by atoms with Crippen LogP contribution >= 0.6 is 0 Å². The minimum atomic E-state index is -0.0581. The third-order valence-corrected chi connectivity index (χ3v) is 2.71. The summed E-state index contributed by atoms with van der Waals surface area (Å²) in [4.78, 5) is 18.5. The Morgan fingerprint density at radius 1 is 1.26 bits per heavy atom. The molecule has 0 aliphatic carbocycles. The van der Waals surface area contributed by atoms with Crippen LogP contribution < -0.4 is 10.6 Å². The highest BCUT2D eigenvalue weighted by Crippen LogP contribution is 1.95. The molecule has 0 aliphatic rings. The Balaban J connectivity index is 1.54. The first kappa shape index (κ1) is 13.3. The van der Waals surface area contributed by atoms with E-state index in [1.54, 1.807) is 18.5 Å². The topological polar surface area (TPSA) is 69.8 Å². The molecule has 5 heteroatoms. The molecule has 0 bridgehead atoms. The number of nitrogens with zero attached hydrogens (tertiary/aromatic N) is 1. The van der Waals surface area contributed by atoms with E-state index in [9.17, 15) is 4.79 Å². The first-order valence-electron chi connectivity index (χ1n) is 6.37. The minimum absolute atomic E-state index is 0.0581. The summed E-state index contributed by atoms with van der Waals surface area (Å²) < 4.78 is 0. The Kier molecular flexibility index (Phi) is 5.13. The number of hydrogen-bond donors (Lipinski definition) is 3. The molecule has 0 aliphatic heterocycles. The van der Waals surface area contributed by atoms with E-state index >= 15 is 0 Å². The van der Waals surface area contributed by atoms with E-state index in [2.05, 4.69) is 20.6 Å². The van der Waals surface area contributed by atoms with Crippen LogP contribution in [0.5, 0.6) is 0 Å². The van der Waals surface area contributed by atoms with Crippen molar-refractivity contribution in [3.63, 3.8) is 0 Å². The van der Waals surface area contributed by atoms with Gasteiger partial charge in [-0.15, -0.1) is 0 Å². The number of aromatic nitrogens is 2. The number of nitrogens with one attached hydrogen (secondary N) is 3. The molecule has 2 heterocycles. The normalized spacial score (nSPS) is 10.3. The number of carbonyl (C=O) groups is 1. The molecule has 0 unspecified atom stereocenters. The van der Waals surface area contributed by atoms with Crippen LogP contribution in [0.15, 0.2) is 42.9 Å². The molecule has 2 aromatic rings. The maximum Gasteiger partial charge on any atom is 0.267 e. The van der Waals surface area contributed by atoms with Crippen molar-refractivity contribution < 1.29 is 4.79 Å². The van der Waals surface area contributed by atoms with Gasteiger partial charge in [0.15, 0.2) is 0 Å². The number of pyridine rings is 1. The van der Waals surface area contributed by atoms with E-state index in [-0.39, 0.29) is 5.91 Å². The molecule has 0 saturated carbocycles. The maximum atomic E-state index is 11.6. The van der Waals surface area contributed by atoms with Crippen molar-refractivity contribution in [1.29, 1.82) is 0 Å². The monoisotopic (exact) mass is 258 g/mol. The first-order chi connectivity index (χ1) is 9.36. The molecule has 0 aromatic carbocycles. The van der Waals surface area contributed by atoms with Crippen molar-refractivity contribution in [2.24, 2.45) is 0 Å². The number of rotatable bonds is 7. The predicted octanol–water partition coefficient (Wildman–Crippen LogP) is 1.32. The summed E-state index contributed by atoms with van der Waals surface area (Å²) in [6.07, 6.45) is 6.25. The van der Waals surface area contributed by atoms with Gasteiger partial charge in [-0.05, 0) is 36.7 Å². The molecule has 0 fully saturated rings. The van der Waals surface area contributed by atoms with Gasteiger partial charge in [-0.1, -0.05) is 6.07 Å². The highest BCUT2D eigenvalue weighted by Gasteiger charge is 2.03. The van der Waals surface area contributed by atoms with Crippen LogP contribution in [0.3, 0.4) is 0 Å². The van der Waals surface area contributed by atoms with Crippen LogP contribution in [0.1, 0.15) is 22.5 Å². The van der Waals surface area contributed by atoms with E-state index in [0.29, 0.717) is 12.2 Å². The summed E-state index contributed by atoms with van der Waals surface area (Å²) in [6.45, 7) is 2.33. The molecule has 1 amide bonds. The molecule has 0 radical (unpaired) electrons. The number of aromatic amines is 1. The van der Waals surface area contributed by atoms with Gasteiger partial charge in [0.1, 0.15) is 5.69 Å². The smallest absolute Gasteiger partial charge is 0.267 e. The van der Waals surface area contributed by atoms with E-state index in [0.717, 1.165) is 25.1 Å². The number of hydrogen-bond acceptors (Lipinski definition) is 3. The van der Waals surface area contributed by atoms with Gasteiger partial charge < -0.3 is 15.6 Å². The zero-order chi connectivity index (χ0) is 13.3. The second kappa shape index (κ2) is 7.33. The molecule has 0 atom stereocenters. The molecule has 0 spiro atoms. The predicted molar refractivity (Wildman–Crippen MR) is 73.7 cm³/mol. The van der Waals surface area contributed by atoms with Crippen molar-refractivity contribution in [3.8, 4) is 0 Å². The molecule has 3 N–H and O–H groups in total. The largest absolute Gasteiger partial charge is 0.357 e. The zero-order valence-corrected chi connectivity index (χ0v) is 10.7. The quantitative estimate of drug-likeness (QED) is 0.656. The highest BCUT2D eigenvalue weighted by atomic mass is 16.1. The second-order valence-electron chi connectivity index (χ2n) is 4.23. The Hall–Kier alpha value is -2.14. The second-order valence-corrected chi connectivity index (χ2v) is 4.23. The first-order valence-corrected chi connectivity index (χ1v) is 6.37. The standard InChI is InChI=1S/C14H18N4O/c19-14(13-5-2-8-17-13)18-9-3-7-16-11-12-4-1-6-15-10-12/h1-2,4-6,8,10,16-17H,3,7,9,11H2,(H,18,19). The molecular formula is C14H18N4O. The maximum absolute atomic E-state index is 11.6. The van der Waals surface area contributed by atoms with Gasteiger partial charge in [-0.25, -0.2) is 0 Å². The molecule has 0 saturated heterocycles. The Morgan fingerprint density at radius 2 is 2.21 bits per heavy atom. The van der Waals surface area contributed by atoms with E-state index in [1.807, 2.05) is 24.4 Å². The van der Waals surface area contributed by atoms with Crippen molar-refractivity contribution in [1.82, 2.24) is 20.6 Å². The summed E-state index contributed by atoms with van der Waals surface area (Å²) in [5.41, 5.74) is 1.77. The highest BCUT2D eigenvalue weighted by molar-refractivity contribution is 5.92. The lowest BCUT2D eigenvalue weighted by Gasteiger charge is -2.05. The summed E-state index contributed by atoms with van der Waals surface area (Å²) in [7, 11) is 0. The Labute approximate surface area is 112 Å². The van der Waals surface area contributed by atoms with Crippen LogP contribution in [-0.2, 0) is 6.54 Å². The van der Waals surface area contributed by atoms with Gasteiger partial charge in [-0.2, -0.15) is 0 Å². The third-order valence-electron chi connectivity index (χ3n) is 2.71. The van der Waals surface area contributed by atoms with Crippen LogP contribution in [0.4, 0.5) is 0 Å². The lowest BCUT2D eigenvalue weighted by molar-refractivity contribution is 0.0949. The Bertz CT molecular complexity index is 481. The molecular weight excluding hydrogens is 240 g/mol. The van der Waals surface area contributed by atoms with E-state index in [1.165, 1.54) is 0 Å². The summed E-state index contributed by atoms with van der Waals surface area (Å²) >= 11 is 0. The molecule has 5 nitrogen and oxygen atoms in total. The van der Waals surface area contributed by atoms with Gasteiger partial charge >= 0.3 is 0 Å². The average Bonchev–Trinajstić information content (AvgIpc) is 2.98. The average molecular weight is 258 g/mol. The Morgan fingerprint density at radius 3 is 2.95 bits per heavy atom. The number of H-pyrrole nitrogens is 1. The molecule has 2 rings (SSSR count). The fraction of sp³-hybridized carbons (Fsp3) is 0.286. The van der Waals surface area contributed by atoms with E-state index in [4.69, 9.17) is 0 Å².